The minimum atomic E-state index is -5.17. The van der Waals surface area contributed by atoms with Crippen LogP contribution >= 0.6 is 0 Å². The van der Waals surface area contributed by atoms with Crippen molar-refractivity contribution in [1.82, 2.24) is 4.98 Å². The molecular weight excluding hydrogens is 272 g/mol. The molecular formula is C10H10F4N2O3. The lowest BCUT2D eigenvalue weighted by molar-refractivity contribution is -0.275. The Morgan fingerprint density at radius 3 is 2.58 bits per heavy atom. The molecule has 2 N–H and O–H groups in total. The van der Waals surface area contributed by atoms with Crippen LogP contribution in [0.1, 0.15) is 23.0 Å². The van der Waals surface area contributed by atoms with Gasteiger partial charge >= 0.3 is 12.3 Å². The van der Waals surface area contributed by atoms with Gasteiger partial charge in [-0.15, -0.1) is 13.2 Å². The molecule has 1 heterocycles. The smallest absolute Gasteiger partial charge is 0.461 e. The van der Waals surface area contributed by atoms with Gasteiger partial charge in [0.25, 0.3) is 0 Å². The van der Waals surface area contributed by atoms with E-state index in [4.69, 9.17) is 5.73 Å². The molecule has 5 nitrogen and oxygen atoms in total. The summed E-state index contributed by atoms with van der Waals surface area (Å²) in [6.07, 6.45) is -4.32. The Kier molecular flexibility index (Phi) is 4.65. The average Bonchev–Trinajstić information content (AvgIpc) is 2.30. The summed E-state index contributed by atoms with van der Waals surface area (Å²) < 4.78 is 58.2. The molecule has 0 aliphatic carbocycles. The first-order valence-corrected chi connectivity index (χ1v) is 5.10. The lowest BCUT2D eigenvalue weighted by Gasteiger charge is -2.14. The van der Waals surface area contributed by atoms with Crippen LogP contribution in [0.4, 0.5) is 17.6 Å². The van der Waals surface area contributed by atoms with Crippen molar-refractivity contribution in [2.75, 3.05) is 6.61 Å². The van der Waals surface area contributed by atoms with E-state index in [0.717, 1.165) is 6.20 Å². The summed E-state index contributed by atoms with van der Waals surface area (Å²) in [5, 5.41) is 0. The van der Waals surface area contributed by atoms with Crippen LogP contribution in [0.15, 0.2) is 6.20 Å². The fraction of sp³-hybridized carbons (Fsp3) is 0.400. The summed E-state index contributed by atoms with van der Waals surface area (Å²) in [6.45, 7) is 0.940. The van der Waals surface area contributed by atoms with Gasteiger partial charge in [-0.1, -0.05) is 0 Å². The van der Waals surface area contributed by atoms with Gasteiger partial charge in [-0.3, -0.25) is 0 Å². The molecule has 9 heteroatoms. The largest absolute Gasteiger partial charge is 0.573 e. The van der Waals surface area contributed by atoms with Crippen LogP contribution in [0.2, 0.25) is 0 Å². The van der Waals surface area contributed by atoms with Crippen molar-refractivity contribution in [3.63, 3.8) is 0 Å². The maximum atomic E-state index is 13.7. The van der Waals surface area contributed by atoms with E-state index in [1.165, 1.54) is 6.92 Å². The van der Waals surface area contributed by atoms with Gasteiger partial charge in [0.2, 0.25) is 0 Å². The van der Waals surface area contributed by atoms with Crippen molar-refractivity contribution in [3.8, 4) is 5.75 Å². The third-order valence-corrected chi connectivity index (χ3v) is 1.95. The van der Waals surface area contributed by atoms with Gasteiger partial charge in [0.05, 0.1) is 6.61 Å². The van der Waals surface area contributed by atoms with Crippen LogP contribution in [0, 0.1) is 5.82 Å². The molecule has 0 amide bonds. The molecule has 0 unspecified atom stereocenters. The average molecular weight is 282 g/mol. The molecule has 0 atom stereocenters. The highest BCUT2D eigenvalue weighted by Crippen LogP contribution is 2.30. The minimum Gasteiger partial charge on any atom is -0.461 e. The number of hydrogen-bond acceptors (Lipinski definition) is 5. The van der Waals surface area contributed by atoms with E-state index in [-0.39, 0.29) is 12.2 Å². The third kappa shape index (κ3) is 3.78. The van der Waals surface area contributed by atoms with Crippen molar-refractivity contribution >= 4 is 5.97 Å². The van der Waals surface area contributed by atoms with Gasteiger partial charge in [-0.05, 0) is 6.92 Å². The van der Waals surface area contributed by atoms with Crippen LogP contribution in [0.25, 0.3) is 0 Å². The third-order valence-electron chi connectivity index (χ3n) is 1.95. The number of nitrogens with two attached hydrogens (primary N) is 1. The molecule has 0 radical (unpaired) electrons. The Labute approximate surface area is 105 Å². The van der Waals surface area contributed by atoms with Crippen molar-refractivity contribution in [1.29, 1.82) is 0 Å². The summed E-state index contributed by atoms with van der Waals surface area (Å²) in [6, 6.07) is 0. The highest BCUT2D eigenvalue weighted by molar-refractivity contribution is 5.90. The van der Waals surface area contributed by atoms with E-state index >= 15 is 0 Å². The Balaban J connectivity index is 3.30. The Bertz CT molecular complexity index is 477. The molecule has 0 saturated carbocycles. The quantitative estimate of drug-likeness (QED) is 0.672. The van der Waals surface area contributed by atoms with Crippen LogP contribution in [0.5, 0.6) is 5.75 Å². The molecule has 0 spiro atoms. The van der Waals surface area contributed by atoms with E-state index in [1.54, 1.807) is 0 Å². The minimum absolute atomic E-state index is 0.105. The molecule has 1 rings (SSSR count). The number of alkyl halides is 3. The number of hydrogen-bond donors (Lipinski definition) is 1. The zero-order valence-electron chi connectivity index (χ0n) is 9.75. The zero-order valence-corrected chi connectivity index (χ0v) is 9.75. The van der Waals surface area contributed by atoms with Gasteiger partial charge < -0.3 is 15.2 Å². The number of carbonyl (C=O) groups excluding carboxylic acids is 1. The number of rotatable bonds is 4. The summed E-state index contributed by atoms with van der Waals surface area (Å²) >= 11 is 0. The second-order valence-electron chi connectivity index (χ2n) is 3.25. The maximum Gasteiger partial charge on any atom is 0.573 e. The number of esters is 1. The first kappa shape index (κ1) is 15.2. The van der Waals surface area contributed by atoms with Gasteiger partial charge in [-0.25, -0.2) is 14.2 Å². The topological polar surface area (TPSA) is 74.4 Å². The number of carbonyl (C=O) groups is 1. The predicted molar refractivity (Wildman–Crippen MR) is 54.7 cm³/mol. The van der Waals surface area contributed by atoms with Crippen molar-refractivity contribution in [2.45, 2.75) is 19.8 Å². The molecule has 0 aliphatic heterocycles. The molecule has 106 valence electrons. The Morgan fingerprint density at radius 1 is 1.47 bits per heavy atom. The lowest BCUT2D eigenvalue weighted by atomic mass is 10.2. The first-order valence-electron chi connectivity index (χ1n) is 5.10. The van der Waals surface area contributed by atoms with E-state index in [0.29, 0.717) is 0 Å². The normalized spacial score (nSPS) is 11.3. The maximum absolute atomic E-state index is 13.7. The second-order valence-corrected chi connectivity index (χ2v) is 3.25. The van der Waals surface area contributed by atoms with E-state index < -0.39 is 36.1 Å². The van der Waals surface area contributed by atoms with Crippen LogP contribution in [-0.4, -0.2) is 23.9 Å². The summed E-state index contributed by atoms with van der Waals surface area (Å²) in [5.41, 5.74) is 3.93. The SMILES string of the molecule is CCOC(=O)c1ncc(CN)c(F)c1OC(F)(F)F. The molecule has 0 fully saturated rings. The first-order chi connectivity index (χ1) is 8.80. The zero-order chi connectivity index (χ0) is 14.6. The number of halogens is 4. The van der Waals surface area contributed by atoms with Crippen molar-refractivity contribution < 1.29 is 31.8 Å². The number of nitrogens with zero attached hydrogens (tertiary/aromatic N) is 1. The lowest BCUT2D eigenvalue weighted by Crippen LogP contribution is -2.22. The van der Waals surface area contributed by atoms with Gasteiger partial charge in [0.1, 0.15) is 0 Å². The van der Waals surface area contributed by atoms with Crippen LogP contribution < -0.4 is 10.5 Å². The van der Waals surface area contributed by atoms with Gasteiger partial charge in [0, 0.05) is 18.3 Å². The number of ether oxygens (including phenoxy) is 2. The van der Waals surface area contributed by atoms with Crippen LogP contribution in [0.3, 0.4) is 0 Å². The molecule has 0 bridgehead atoms. The van der Waals surface area contributed by atoms with E-state index in [9.17, 15) is 22.4 Å². The monoisotopic (exact) mass is 282 g/mol. The summed E-state index contributed by atoms with van der Waals surface area (Å²) in [5.74, 6) is -3.95. The van der Waals surface area contributed by atoms with Crippen molar-refractivity contribution in [3.05, 3.63) is 23.3 Å². The standard InChI is InChI=1S/C10H10F4N2O3/c1-2-18-9(17)7-8(19-10(12,13)14)6(11)5(3-15)4-16-7/h4H,2-3,15H2,1H3. The van der Waals surface area contributed by atoms with Gasteiger partial charge in [0.15, 0.2) is 17.3 Å². The van der Waals surface area contributed by atoms with Crippen LogP contribution in [-0.2, 0) is 11.3 Å². The molecule has 19 heavy (non-hydrogen) atoms. The molecule has 0 saturated heterocycles. The Hall–Kier alpha value is -1.90. The molecule has 1 aromatic rings. The van der Waals surface area contributed by atoms with E-state index in [1.807, 2.05) is 0 Å². The summed E-state index contributed by atoms with van der Waals surface area (Å²) in [4.78, 5) is 14.8. The second kappa shape index (κ2) is 5.83. The molecule has 0 aromatic carbocycles. The molecule has 1 aromatic heterocycles. The predicted octanol–water partition coefficient (Wildman–Crippen LogP) is 1.75. The summed E-state index contributed by atoms with van der Waals surface area (Å²) in [7, 11) is 0. The number of pyridine rings is 1. The Morgan fingerprint density at radius 2 is 2.11 bits per heavy atom. The molecule has 0 aliphatic rings. The van der Waals surface area contributed by atoms with Gasteiger partial charge in [-0.2, -0.15) is 0 Å². The number of aromatic nitrogens is 1. The fourth-order valence-corrected chi connectivity index (χ4v) is 1.20. The van der Waals surface area contributed by atoms with Crippen molar-refractivity contribution in [2.24, 2.45) is 5.73 Å². The highest BCUT2D eigenvalue weighted by Gasteiger charge is 2.36. The van der Waals surface area contributed by atoms with E-state index in [2.05, 4.69) is 14.5 Å². The highest BCUT2D eigenvalue weighted by atomic mass is 19.4. The fourth-order valence-electron chi connectivity index (χ4n) is 1.20.